The fourth-order valence-electron chi connectivity index (χ4n) is 0.696. The maximum Gasteiger partial charge on any atom is 0.326 e. The van der Waals surface area contributed by atoms with Crippen LogP contribution in [0.2, 0.25) is 0 Å². The minimum atomic E-state index is -1.07. The minimum absolute atomic E-state index is 0.234. The number of ether oxygens (including phenoxy) is 1. The Kier molecular flexibility index (Phi) is 5.09. The first-order valence-electron chi connectivity index (χ1n) is 4.23. The predicted octanol–water partition coefficient (Wildman–Crippen LogP) is 0.706. The summed E-state index contributed by atoms with van der Waals surface area (Å²) in [6.45, 7) is 5.47. The highest BCUT2D eigenvalue weighted by Gasteiger charge is 2.24. The van der Waals surface area contributed by atoms with Crippen LogP contribution in [-0.4, -0.2) is 23.8 Å². The molecule has 0 heterocycles. The van der Waals surface area contributed by atoms with Gasteiger partial charge in [-0.2, -0.15) is 5.26 Å². The summed E-state index contributed by atoms with van der Waals surface area (Å²) in [6.07, 6.45) is -0.982. The molecule has 0 aliphatic carbocycles. The predicted molar refractivity (Wildman–Crippen MR) is 46.6 cm³/mol. The zero-order valence-corrected chi connectivity index (χ0v) is 8.15. The molecule has 0 aromatic heterocycles. The first-order valence-corrected chi connectivity index (χ1v) is 4.23. The highest BCUT2D eigenvalue weighted by Crippen LogP contribution is 2.05. The van der Waals surface area contributed by atoms with Crippen molar-refractivity contribution in [2.45, 2.75) is 26.9 Å². The molecule has 0 saturated carbocycles. The molecule has 1 unspecified atom stereocenters. The molecule has 0 aliphatic rings. The molecule has 0 saturated heterocycles. The van der Waals surface area contributed by atoms with Crippen LogP contribution < -0.4 is 0 Å². The van der Waals surface area contributed by atoms with Crippen LogP contribution in [0.15, 0.2) is 0 Å². The van der Waals surface area contributed by atoms with Crippen LogP contribution >= 0.6 is 0 Å². The first kappa shape index (κ1) is 11.9. The molecule has 0 amide bonds. The maximum atomic E-state index is 11.1. The van der Waals surface area contributed by atoms with E-state index in [1.54, 1.807) is 6.07 Å². The normalized spacial score (nSPS) is 14.8. The van der Waals surface area contributed by atoms with Gasteiger partial charge >= 0.3 is 5.97 Å². The Hall–Kier alpha value is -1.08. The Labute approximate surface area is 78.1 Å². The summed E-state index contributed by atoms with van der Waals surface area (Å²) in [7, 11) is 0. The van der Waals surface area contributed by atoms with Crippen molar-refractivity contribution in [3.05, 3.63) is 0 Å². The molecule has 0 aromatic carbocycles. The number of nitriles is 1. The van der Waals surface area contributed by atoms with E-state index in [1.165, 1.54) is 6.92 Å². The van der Waals surface area contributed by atoms with Crippen molar-refractivity contribution in [2.24, 2.45) is 11.8 Å². The van der Waals surface area contributed by atoms with Gasteiger partial charge in [0.25, 0.3) is 0 Å². The van der Waals surface area contributed by atoms with Crippen LogP contribution in [0.25, 0.3) is 0 Å². The average Bonchev–Trinajstić information content (AvgIpc) is 2.01. The van der Waals surface area contributed by atoms with Gasteiger partial charge in [-0.25, -0.2) is 0 Å². The van der Waals surface area contributed by atoms with E-state index in [-0.39, 0.29) is 12.5 Å². The Morgan fingerprint density at radius 3 is 2.38 bits per heavy atom. The van der Waals surface area contributed by atoms with Crippen molar-refractivity contribution in [1.82, 2.24) is 0 Å². The number of hydrogen-bond donors (Lipinski definition) is 1. The van der Waals surface area contributed by atoms with E-state index in [0.717, 1.165) is 0 Å². The van der Waals surface area contributed by atoms with Crippen LogP contribution in [-0.2, 0) is 9.53 Å². The zero-order valence-electron chi connectivity index (χ0n) is 8.15. The lowest BCUT2D eigenvalue weighted by Gasteiger charge is -2.12. The van der Waals surface area contributed by atoms with Gasteiger partial charge in [-0.1, -0.05) is 13.8 Å². The molecule has 0 radical (unpaired) electrons. The van der Waals surface area contributed by atoms with E-state index in [2.05, 4.69) is 0 Å². The SMILES string of the molecule is CC(C)COC(=O)C(C#N)[C@@H](C)O. The molecule has 2 atom stereocenters. The van der Waals surface area contributed by atoms with Crippen molar-refractivity contribution >= 4 is 5.97 Å². The summed E-state index contributed by atoms with van der Waals surface area (Å²) in [5, 5.41) is 17.5. The van der Waals surface area contributed by atoms with Crippen molar-refractivity contribution in [3.8, 4) is 6.07 Å². The zero-order chi connectivity index (χ0) is 10.4. The summed E-state index contributed by atoms with van der Waals surface area (Å²) in [6, 6.07) is 1.70. The van der Waals surface area contributed by atoms with E-state index in [9.17, 15) is 4.79 Å². The number of aliphatic hydroxyl groups excluding tert-OH is 1. The molecule has 1 N–H and O–H groups in total. The van der Waals surface area contributed by atoms with Crippen LogP contribution in [0.1, 0.15) is 20.8 Å². The first-order chi connectivity index (χ1) is 5.99. The number of esters is 1. The van der Waals surface area contributed by atoms with Crippen LogP contribution in [0.4, 0.5) is 0 Å². The Morgan fingerprint density at radius 2 is 2.08 bits per heavy atom. The third kappa shape index (κ3) is 4.48. The average molecular weight is 185 g/mol. The molecule has 74 valence electrons. The number of carbonyl (C=O) groups excluding carboxylic acids is 1. The number of hydrogen-bond acceptors (Lipinski definition) is 4. The largest absolute Gasteiger partial charge is 0.464 e. The molecule has 0 rings (SSSR count). The second-order valence-electron chi connectivity index (χ2n) is 3.37. The van der Waals surface area contributed by atoms with E-state index in [0.29, 0.717) is 0 Å². The highest BCUT2D eigenvalue weighted by atomic mass is 16.5. The van der Waals surface area contributed by atoms with Gasteiger partial charge < -0.3 is 9.84 Å². The number of aliphatic hydroxyl groups is 1. The van der Waals surface area contributed by atoms with Crippen molar-refractivity contribution in [2.75, 3.05) is 6.61 Å². The summed E-state index contributed by atoms with van der Waals surface area (Å²) >= 11 is 0. The fraction of sp³-hybridized carbons (Fsp3) is 0.778. The van der Waals surface area contributed by atoms with Gasteiger partial charge in [-0.3, -0.25) is 4.79 Å². The monoisotopic (exact) mass is 185 g/mol. The quantitative estimate of drug-likeness (QED) is 0.655. The summed E-state index contributed by atoms with van der Waals surface area (Å²) < 4.78 is 4.80. The molecule has 13 heavy (non-hydrogen) atoms. The van der Waals surface area contributed by atoms with E-state index in [1.807, 2.05) is 13.8 Å². The molecule has 0 aromatic rings. The Balaban J connectivity index is 4.02. The molecule has 0 spiro atoms. The summed E-state index contributed by atoms with van der Waals surface area (Å²) in [5.41, 5.74) is 0. The van der Waals surface area contributed by atoms with Gasteiger partial charge in [0.1, 0.15) is 0 Å². The van der Waals surface area contributed by atoms with Crippen molar-refractivity contribution in [3.63, 3.8) is 0 Å². The van der Waals surface area contributed by atoms with Gasteiger partial charge in [0.15, 0.2) is 5.92 Å². The molecule has 4 heteroatoms. The minimum Gasteiger partial charge on any atom is -0.464 e. The van der Waals surface area contributed by atoms with Crippen molar-refractivity contribution in [1.29, 1.82) is 5.26 Å². The van der Waals surface area contributed by atoms with Crippen LogP contribution in [0.5, 0.6) is 0 Å². The highest BCUT2D eigenvalue weighted by molar-refractivity contribution is 5.75. The molecule has 4 nitrogen and oxygen atoms in total. The lowest BCUT2D eigenvalue weighted by molar-refractivity contribution is -0.150. The van der Waals surface area contributed by atoms with Crippen LogP contribution in [0.3, 0.4) is 0 Å². The summed E-state index contributed by atoms with van der Waals surface area (Å²) in [4.78, 5) is 11.1. The second kappa shape index (κ2) is 5.55. The van der Waals surface area contributed by atoms with Gasteiger partial charge in [-0.05, 0) is 12.8 Å². The number of nitrogens with zero attached hydrogens (tertiary/aromatic N) is 1. The van der Waals surface area contributed by atoms with Crippen molar-refractivity contribution < 1.29 is 14.6 Å². The number of rotatable bonds is 4. The third-order valence-electron chi connectivity index (χ3n) is 1.43. The fourth-order valence-corrected chi connectivity index (χ4v) is 0.696. The Morgan fingerprint density at radius 1 is 1.54 bits per heavy atom. The smallest absolute Gasteiger partial charge is 0.326 e. The standard InChI is InChI=1S/C9H15NO3/c1-6(2)5-13-9(12)8(4-10)7(3)11/h6-8,11H,5H2,1-3H3/t7-,8?/m1/s1. The lowest BCUT2D eigenvalue weighted by atomic mass is 10.1. The van der Waals surface area contributed by atoms with Gasteiger partial charge in [0, 0.05) is 0 Å². The second-order valence-corrected chi connectivity index (χ2v) is 3.37. The van der Waals surface area contributed by atoms with Gasteiger partial charge in [0.05, 0.1) is 18.8 Å². The van der Waals surface area contributed by atoms with E-state index < -0.39 is 18.0 Å². The summed E-state index contributed by atoms with van der Waals surface area (Å²) in [5.74, 6) is -1.48. The molecular formula is C9H15NO3. The van der Waals surface area contributed by atoms with Gasteiger partial charge in [0.2, 0.25) is 0 Å². The third-order valence-corrected chi connectivity index (χ3v) is 1.43. The lowest BCUT2D eigenvalue weighted by Crippen LogP contribution is -2.27. The molecule has 0 bridgehead atoms. The topological polar surface area (TPSA) is 70.3 Å². The van der Waals surface area contributed by atoms with Gasteiger partial charge in [-0.15, -0.1) is 0 Å². The number of carbonyl (C=O) groups is 1. The maximum absolute atomic E-state index is 11.1. The molecule has 0 fully saturated rings. The van der Waals surface area contributed by atoms with E-state index >= 15 is 0 Å². The molecular weight excluding hydrogens is 170 g/mol. The Bertz CT molecular complexity index is 205. The molecule has 0 aliphatic heterocycles. The van der Waals surface area contributed by atoms with Crippen LogP contribution in [0, 0.1) is 23.2 Å². The van der Waals surface area contributed by atoms with E-state index in [4.69, 9.17) is 15.1 Å².